The van der Waals surface area contributed by atoms with Crippen LogP contribution in [0, 0.1) is 46.3 Å². The Labute approximate surface area is 206 Å². The number of hydrogen-bond donors (Lipinski definition) is 0. The molecule has 0 heterocycles. The van der Waals surface area contributed by atoms with Crippen LogP contribution < -0.4 is 0 Å². The Hall–Kier alpha value is -1.52. The predicted octanol–water partition coefficient (Wildman–Crippen LogP) is 6.31. The Kier molecular flexibility index (Phi) is 7.41. The van der Waals surface area contributed by atoms with Crippen molar-refractivity contribution in [3.05, 3.63) is 11.8 Å². The molecule has 0 aliphatic heterocycles. The number of rotatable bonds is 6. The second-order valence-corrected chi connectivity index (χ2v) is 12.4. The SMILES string of the molecule is COC=C1C[C@H]2CCC(OC(C)=O)C[C@]2(C)[C@H]2CC[C@]3(C)[C@@H]([C@H](C)CCC(=O)OC)CC[C@H]3[C@H]12. The molecule has 5 nitrogen and oxygen atoms in total. The molecule has 0 saturated heterocycles. The van der Waals surface area contributed by atoms with Gasteiger partial charge in [0, 0.05) is 13.3 Å². The largest absolute Gasteiger partial charge is 0.504 e. The average molecular weight is 475 g/mol. The Morgan fingerprint density at radius 1 is 1.06 bits per heavy atom. The third-order valence-electron chi connectivity index (χ3n) is 10.9. The van der Waals surface area contributed by atoms with Crippen LogP contribution in [0.4, 0.5) is 0 Å². The molecule has 4 rings (SSSR count). The first kappa shape index (κ1) is 25.6. The number of carbonyl (C=O) groups excluding carboxylic acids is 2. The van der Waals surface area contributed by atoms with Gasteiger partial charge in [-0.1, -0.05) is 20.8 Å². The lowest BCUT2D eigenvalue weighted by Gasteiger charge is -2.62. The minimum Gasteiger partial charge on any atom is -0.504 e. The van der Waals surface area contributed by atoms with Gasteiger partial charge in [0.15, 0.2) is 0 Å². The third kappa shape index (κ3) is 4.41. The van der Waals surface area contributed by atoms with E-state index >= 15 is 0 Å². The van der Waals surface area contributed by atoms with E-state index in [4.69, 9.17) is 14.2 Å². The van der Waals surface area contributed by atoms with Crippen LogP contribution in [0.25, 0.3) is 0 Å². The Morgan fingerprint density at radius 3 is 2.47 bits per heavy atom. The third-order valence-corrected chi connectivity index (χ3v) is 10.9. The molecule has 4 aliphatic carbocycles. The molecule has 5 heteroatoms. The van der Waals surface area contributed by atoms with E-state index in [1.54, 1.807) is 14.0 Å². The minimum atomic E-state index is -0.143. The molecule has 4 aliphatic rings. The summed E-state index contributed by atoms with van der Waals surface area (Å²) in [4.78, 5) is 23.5. The maximum atomic E-state index is 11.8. The molecular weight excluding hydrogens is 428 g/mol. The fourth-order valence-corrected chi connectivity index (χ4v) is 9.32. The number of fused-ring (bicyclic) bond motifs is 5. The number of esters is 2. The maximum absolute atomic E-state index is 11.8. The van der Waals surface area contributed by atoms with Crippen LogP contribution >= 0.6 is 0 Å². The Bertz CT molecular complexity index is 804. The van der Waals surface area contributed by atoms with Gasteiger partial charge in [0.2, 0.25) is 0 Å². The monoisotopic (exact) mass is 474 g/mol. The van der Waals surface area contributed by atoms with E-state index in [0.29, 0.717) is 47.3 Å². The molecule has 0 spiro atoms. The molecule has 0 radical (unpaired) electrons. The molecule has 1 unspecified atom stereocenters. The van der Waals surface area contributed by atoms with Crippen molar-refractivity contribution in [3.8, 4) is 0 Å². The molecule has 0 aromatic heterocycles. The van der Waals surface area contributed by atoms with E-state index in [-0.39, 0.29) is 23.5 Å². The number of ether oxygens (including phenoxy) is 3. The lowest BCUT2D eigenvalue weighted by Crippen LogP contribution is -2.55. The van der Waals surface area contributed by atoms with E-state index in [1.807, 2.05) is 0 Å². The zero-order valence-corrected chi connectivity index (χ0v) is 22.2. The quantitative estimate of drug-likeness (QED) is 0.334. The summed E-state index contributed by atoms with van der Waals surface area (Å²) in [7, 11) is 3.28. The molecular formula is C29H46O5. The maximum Gasteiger partial charge on any atom is 0.305 e. The summed E-state index contributed by atoms with van der Waals surface area (Å²) in [5.74, 6) is 3.41. The van der Waals surface area contributed by atoms with Crippen molar-refractivity contribution in [1.82, 2.24) is 0 Å². The van der Waals surface area contributed by atoms with Crippen LogP contribution in [0.1, 0.15) is 91.9 Å². The van der Waals surface area contributed by atoms with E-state index in [0.717, 1.165) is 32.1 Å². The Balaban J connectivity index is 1.59. The van der Waals surface area contributed by atoms with Gasteiger partial charge in [0.05, 0.1) is 20.5 Å². The van der Waals surface area contributed by atoms with Crippen molar-refractivity contribution in [1.29, 1.82) is 0 Å². The molecule has 34 heavy (non-hydrogen) atoms. The van der Waals surface area contributed by atoms with Crippen LogP contribution in [0.3, 0.4) is 0 Å². The van der Waals surface area contributed by atoms with Crippen LogP contribution in [-0.4, -0.2) is 32.3 Å². The average Bonchev–Trinajstić information content (AvgIpc) is 3.14. The predicted molar refractivity (Wildman–Crippen MR) is 132 cm³/mol. The van der Waals surface area contributed by atoms with Crippen molar-refractivity contribution < 1.29 is 23.8 Å². The van der Waals surface area contributed by atoms with Crippen molar-refractivity contribution in [2.24, 2.45) is 46.3 Å². The zero-order valence-electron chi connectivity index (χ0n) is 22.2. The van der Waals surface area contributed by atoms with Gasteiger partial charge < -0.3 is 14.2 Å². The van der Waals surface area contributed by atoms with E-state index in [1.165, 1.54) is 38.4 Å². The summed E-state index contributed by atoms with van der Waals surface area (Å²) >= 11 is 0. The standard InChI is InChI=1S/C29H46O5/c1-18(7-12-26(31)33-6)23-10-11-24-27-20(17-32-5)15-21-8-9-22(34-19(2)30)16-29(21,4)25(27)13-14-28(23,24)3/h17-18,21-25,27H,7-16H2,1-6H3/t18-,21-,22?,23-,24+,25+,27+,28-,29+/m1/s1. The van der Waals surface area contributed by atoms with Crippen LogP contribution in [0.15, 0.2) is 11.8 Å². The summed E-state index contributed by atoms with van der Waals surface area (Å²) in [6, 6.07) is 0. The highest BCUT2D eigenvalue weighted by Crippen LogP contribution is 2.69. The Morgan fingerprint density at radius 2 is 1.79 bits per heavy atom. The minimum absolute atomic E-state index is 0.0651. The van der Waals surface area contributed by atoms with Crippen LogP contribution in [0.5, 0.6) is 0 Å². The van der Waals surface area contributed by atoms with Gasteiger partial charge in [-0.05, 0) is 110 Å². The summed E-state index contributed by atoms with van der Waals surface area (Å²) < 4.78 is 16.3. The molecule has 4 fully saturated rings. The fraction of sp³-hybridized carbons (Fsp3) is 0.862. The van der Waals surface area contributed by atoms with E-state index < -0.39 is 0 Å². The number of hydrogen-bond acceptors (Lipinski definition) is 5. The smallest absolute Gasteiger partial charge is 0.305 e. The first-order valence-corrected chi connectivity index (χ1v) is 13.6. The lowest BCUT2D eigenvalue weighted by atomic mass is 9.43. The van der Waals surface area contributed by atoms with Crippen molar-refractivity contribution in [2.75, 3.05) is 14.2 Å². The lowest BCUT2D eigenvalue weighted by molar-refractivity contribution is -0.159. The molecule has 4 saturated carbocycles. The van der Waals surface area contributed by atoms with Gasteiger partial charge in [-0.2, -0.15) is 0 Å². The number of allylic oxidation sites excluding steroid dienone is 1. The summed E-state index contributed by atoms with van der Waals surface area (Å²) in [5, 5.41) is 0. The van der Waals surface area contributed by atoms with Crippen molar-refractivity contribution >= 4 is 11.9 Å². The number of methoxy groups -OCH3 is 2. The zero-order chi connectivity index (χ0) is 24.7. The molecule has 192 valence electrons. The van der Waals surface area contributed by atoms with Crippen molar-refractivity contribution in [3.63, 3.8) is 0 Å². The molecule has 0 amide bonds. The molecule has 0 N–H and O–H groups in total. The van der Waals surface area contributed by atoms with Crippen LogP contribution in [-0.2, 0) is 23.8 Å². The van der Waals surface area contributed by atoms with Gasteiger partial charge in [0.1, 0.15) is 6.10 Å². The van der Waals surface area contributed by atoms with Crippen molar-refractivity contribution in [2.45, 2.75) is 98.0 Å². The van der Waals surface area contributed by atoms with Gasteiger partial charge in [-0.3, -0.25) is 9.59 Å². The van der Waals surface area contributed by atoms with Gasteiger partial charge >= 0.3 is 11.9 Å². The first-order chi connectivity index (χ1) is 16.1. The van der Waals surface area contributed by atoms with E-state index in [2.05, 4.69) is 27.0 Å². The van der Waals surface area contributed by atoms with Gasteiger partial charge in [-0.25, -0.2) is 0 Å². The second-order valence-electron chi connectivity index (χ2n) is 12.4. The van der Waals surface area contributed by atoms with Gasteiger partial charge in [-0.15, -0.1) is 0 Å². The summed E-state index contributed by atoms with van der Waals surface area (Å²) in [5.41, 5.74) is 2.04. The highest BCUT2D eigenvalue weighted by molar-refractivity contribution is 5.69. The second kappa shape index (κ2) is 9.85. The first-order valence-electron chi connectivity index (χ1n) is 13.6. The number of carbonyl (C=O) groups is 2. The molecule has 0 aromatic carbocycles. The summed E-state index contributed by atoms with van der Waals surface area (Å²) in [6.07, 6.45) is 12.8. The van der Waals surface area contributed by atoms with Gasteiger partial charge in [0.25, 0.3) is 0 Å². The molecule has 0 aromatic rings. The normalized spacial score (nSPS) is 43.3. The highest BCUT2D eigenvalue weighted by Gasteiger charge is 2.62. The van der Waals surface area contributed by atoms with E-state index in [9.17, 15) is 9.59 Å². The summed E-state index contributed by atoms with van der Waals surface area (Å²) in [6.45, 7) is 8.94. The highest BCUT2D eigenvalue weighted by atomic mass is 16.5. The molecule has 9 atom stereocenters. The topological polar surface area (TPSA) is 61.8 Å². The fourth-order valence-electron chi connectivity index (χ4n) is 9.32. The molecule has 0 bridgehead atoms. The van der Waals surface area contributed by atoms with Crippen LogP contribution in [0.2, 0.25) is 0 Å².